The molecule has 5 rings (SSSR count). The lowest BCUT2D eigenvalue weighted by Gasteiger charge is -2.26. The molecule has 6 nitrogen and oxygen atoms in total. The van der Waals surface area contributed by atoms with E-state index in [9.17, 15) is 9.59 Å². The lowest BCUT2D eigenvalue weighted by molar-refractivity contribution is 0.0971. The summed E-state index contributed by atoms with van der Waals surface area (Å²) in [7, 11) is 1.58. The van der Waals surface area contributed by atoms with Gasteiger partial charge in [-0.05, 0) is 72.5 Å². The molecule has 0 saturated carbocycles. The van der Waals surface area contributed by atoms with Crippen molar-refractivity contribution in [3.05, 3.63) is 96.7 Å². The number of benzene rings is 3. The first-order chi connectivity index (χ1) is 17.8. The standard InChI is InChI=1S/C29H25Br2NO5/c1-16(2)12-13-36-23-10-4-17(14-24(23)35-3)26-25-27(33)21-15-19(31)7-11-22(21)37-28(25)29(34)32(26)20-8-5-18(30)6-9-20/h4-11,14-16,26H,12-13H2,1-3H3. The number of methoxy groups -OCH3 is 1. The van der Waals surface area contributed by atoms with Crippen molar-refractivity contribution in [3.8, 4) is 11.5 Å². The van der Waals surface area contributed by atoms with Crippen molar-refractivity contribution in [1.82, 2.24) is 0 Å². The van der Waals surface area contributed by atoms with Crippen LogP contribution in [0.4, 0.5) is 5.69 Å². The minimum Gasteiger partial charge on any atom is -0.493 e. The number of ether oxygens (including phenoxy) is 2. The maximum absolute atomic E-state index is 13.8. The van der Waals surface area contributed by atoms with Gasteiger partial charge in [-0.2, -0.15) is 0 Å². The average molecular weight is 627 g/mol. The highest BCUT2D eigenvalue weighted by atomic mass is 79.9. The zero-order chi connectivity index (χ0) is 26.3. The number of nitrogens with zero attached hydrogens (tertiary/aromatic N) is 1. The van der Waals surface area contributed by atoms with Crippen molar-refractivity contribution in [1.29, 1.82) is 0 Å². The van der Waals surface area contributed by atoms with Crippen molar-refractivity contribution in [3.63, 3.8) is 0 Å². The first-order valence-corrected chi connectivity index (χ1v) is 13.5. The van der Waals surface area contributed by atoms with Crippen molar-refractivity contribution >= 4 is 54.4 Å². The third kappa shape index (κ3) is 4.80. The summed E-state index contributed by atoms with van der Waals surface area (Å²) >= 11 is 6.89. The lowest BCUT2D eigenvalue weighted by atomic mass is 9.97. The van der Waals surface area contributed by atoms with Crippen LogP contribution in [0.5, 0.6) is 11.5 Å². The third-order valence-corrected chi connectivity index (χ3v) is 7.42. The zero-order valence-electron chi connectivity index (χ0n) is 20.6. The van der Waals surface area contributed by atoms with Gasteiger partial charge < -0.3 is 13.9 Å². The van der Waals surface area contributed by atoms with Crippen LogP contribution < -0.4 is 19.8 Å². The number of hydrogen-bond donors (Lipinski definition) is 0. The van der Waals surface area contributed by atoms with E-state index in [0.717, 1.165) is 15.4 Å². The van der Waals surface area contributed by atoms with Crippen LogP contribution in [0.1, 0.15) is 48.0 Å². The van der Waals surface area contributed by atoms with Crippen LogP contribution in [0.15, 0.2) is 78.8 Å². The highest BCUT2D eigenvalue weighted by Crippen LogP contribution is 2.43. The third-order valence-electron chi connectivity index (χ3n) is 6.39. The van der Waals surface area contributed by atoms with E-state index in [-0.39, 0.29) is 17.1 Å². The first kappa shape index (κ1) is 25.5. The maximum atomic E-state index is 13.8. The van der Waals surface area contributed by atoms with E-state index >= 15 is 0 Å². The van der Waals surface area contributed by atoms with E-state index in [2.05, 4.69) is 45.7 Å². The Balaban J connectivity index is 1.68. The molecule has 1 atom stereocenters. The molecular weight excluding hydrogens is 602 g/mol. The molecule has 0 aliphatic carbocycles. The van der Waals surface area contributed by atoms with Gasteiger partial charge in [-0.3, -0.25) is 14.5 Å². The van der Waals surface area contributed by atoms with E-state index in [1.165, 1.54) is 0 Å². The van der Waals surface area contributed by atoms with Gasteiger partial charge in [0.2, 0.25) is 5.76 Å². The average Bonchev–Trinajstić information content (AvgIpc) is 3.17. The van der Waals surface area contributed by atoms with Crippen LogP contribution in [-0.4, -0.2) is 19.6 Å². The fraction of sp³-hybridized carbons (Fsp3) is 0.241. The number of carbonyl (C=O) groups is 1. The fourth-order valence-electron chi connectivity index (χ4n) is 4.51. The molecule has 2 heterocycles. The summed E-state index contributed by atoms with van der Waals surface area (Å²) in [6, 6.07) is 17.4. The Hall–Kier alpha value is -3.10. The Labute approximate surface area is 231 Å². The van der Waals surface area contributed by atoms with Crippen LogP contribution >= 0.6 is 31.9 Å². The van der Waals surface area contributed by atoms with Crippen LogP contribution in [0, 0.1) is 5.92 Å². The summed E-state index contributed by atoms with van der Waals surface area (Å²) in [6.45, 7) is 4.85. The topological polar surface area (TPSA) is 69.0 Å². The largest absolute Gasteiger partial charge is 0.493 e. The smallest absolute Gasteiger partial charge is 0.295 e. The molecule has 1 amide bonds. The van der Waals surface area contributed by atoms with Crippen molar-refractivity contribution in [2.75, 3.05) is 18.6 Å². The van der Waals surface area contributed by atoms with E-state index in [0.29, 0.717) is 51.8 Å². The van der Waals surface area contributed by atoms with Gasteiger partial charge in [0, 0.05) is 14.6 Å². The van der Waals surface area contributed by atoms with Gasteiger partial charge in [0.25, 0.3) is 5.91 Å². The number of rotatable bonds is 7. The highest BCUT2D eigenvalue weighted by molar-refractivity contribution is 9.10. The predicted octanol–water partition coefficient (Wildman–Crippen LogP) is 7.50. The molecule has 4 aromatic rings. The number of hydrogen-bond acceptors (Lipinski definition) is 5. The molecule has 0 spiro atoms. The van der Waals surface area contributed by atoms with Crippen LogP contribution in [0.2, 0.25) is 0 Å². The molecular formula is C29H25Br2NO5. The quantitative estimate of drug-likeness (QED) is 0.212. The fourth-order valence-corrected chi connectivity index (χ4v) is 5.13. The Morgan fingerprint density at radius 3 is 2.38 bits per heavy atom. The SMILES string of the molecule is COc1cc(C2c3c(oc4ccc(Br)cc4c3=O)C(=O)N2c2ccc(Br)cc2)ccc1OCCC(C)C. The van der Waals surface area contributed by atoms with E-state index in [1.54, 1.807) is 30.2 Å². The molecule has 3 aromatic carbocycles. The van der Waals surface area contributed by atoms with Gasteiger partial charge in [0.15, 0.2) is 16.9 Å². The molecule has 0 fully saturated rings. The summed E-state index contributed by atoms with van der Waals surface area (Å²) < 4.78 is 19.3. The molecule has 1 aromatic heterocycles. The minimum absolute atomic E-state index is 0.0453. The monoisotopic (exact) mass is 625 g/mol. The molecule has 1 aliphatic heterocycles. The predicted molar refractivity (Wildman–Crippen MR) is 151 cm³/mol. The zero-order valence-corrected chi connectivity index (χ0v) is 23.8. The van der Waals surface area contributed by atoms with Gasteiger partial charge in [0.05, 0.1) is 30.7 Å². The van der Waals surface area contributed by atoms with Crippen molar-refractivity contribution in [2.24, 2.45) is 5.92 Å². The van der Waals surface area contributed by atoms with Crippen molar-refractivity contribution in [2.45, 2.75) is 26.3 Å². The Morgan fingerprint density at radius 1 is 0.946 bits per heavy atom. The van der Waals surface area contributed by atoms with Crippen molar-refractivity contribution < 1.29 is 18.7 Å². The Kier molecular flexibility index (Phi) is 7.14. The number of carbonyl (C=O) groups excluding carboxylic acids is 1. The van der Waals surface area contributed by atoms with Crippen LogP contribution in [0.3, 0.4) is 0 Å². The molecule has 37 heavy (non-hydrogen) atoms. The lowest BCUT2D eigenvalue weighted by Crippen LogP contribution is -2.29. The Bertz CT molecular complexity index is 1540. The molecule has 190 valence electrons. The summed E-state index contributed by atoms with van der Waals surface area (Å²) in [4.78, 5) is 29.2. The molecule has 0 N–H and O–H groups in total. The second-order valence-corrected chi connectivity index (χ2v) is 11.1. The summed E-state index contributed by atoms with van der Waals surface area (Å²) in [5.41, 5.74) is 1.78. The van der Waals surface area contributed by atoms with E-state index in [4.69, 9.17) is 13.9 Å². The summed E-state index contributed by atoms with van der Waals surface area (Å²) in [5.74, 6) is 1.33. The number of anilines is 1. The molecule has 0 saturated heterocycles. The van der Waals surface area contributed by atoms with Gasteiger partial charge >= 0.3 is 0 Å². The minimum atomic E-state index is -0.707. The number of amides is 1. The molecule has 1 unspecified atom stereocenters. The molecule has 8 heteroatoms. The van der Waals surface area contributed by atoms with E-state index in [1.807, 2.05) is 42.5 Å². The second-order valence-electron chi connectivity index (χ2n) is 9.31. The molecule has 0 radical (unpaired) electrons. The molecule has 0 bridgehead atoms. The van der Waals surface area contributed by atoms with Gasteiger partial charge in [0.1, 0.15) is 5.58 Å². The van der Waals surface area contributed by atoms with Gasteiger partial charge in [-0.15, -0.1) is 0 Å². The second kappa shape index (κ2) is 10.3. The Morgan fingerprint density at radius 2 is 1.68 bits per heavy atom. The summed E-state index contributed by atoms with van der Waals surface area (Å²) in [5, 5.41) is 0.407. The first-order valence-electron chi connectivity index (χ1n) is 11.9. The molecule has 1 aliphatic rings. The number of halogens is 2. The van der Waals surface area contributed by atoms with Crippen LogP contribution in [0.25, 0.3) is 11.0 Å². The van der Waals surface area contributed by atoms with Gasteiger partial charge in [-0.1, -0.05) is 51.8 Å². The highest BCUT2D eigenvalue weighted by Gasteiger charge is 2.44. The van der Waals surface area contributed by atoms with E-state index < -0.39 is 6.04 Å². The number of fused-ring (bicyclic) bond motifs is 2. The van der Waals surface area contributed by atoms with Crippen LogP contribution in [-0.2, 0) is 0 Å². The maximum Gasteiger partial charge on any atom is 0.295 e. The normalized spacial score (nSPS) is 14.9. The summed E-state index contributed by atoms with van der Waals surface area (Å²) in [6.07, 6.45) is 0.913. The van der Waals surface area contributed by atoms with Gasteiger partial charge in [-0.25, -0.2) is 0 Å².